The number of ether oxygens (including phenoxy) is 3. The van der Waals surface area contributed by atoms with E-state index in [1.807, 2.05) is 6.92 Å². The molecule has 2 heterocycles. The lowest BCUT2D eigenvalue weighted by atomic mass is 10.0. The number of aromatic nitrogens is 1. The predicted molar refractivity (Wildman–Crippen MR) is 145 cm³/mol. The van der Waals surface area contributed by atoms with Crippen molar-refractivity contribution in [2.75, 3.05) is 24.0 Å². The molecular weight excluding hydrogens is 522 g/mol. The highest BCUT2D eigenvalue weighted by Gasteiger charge is 2.37. The molecule has 1 fully saturated rings. The number of nitrogens with one attached hydrogen (secondary N) is 1. The third-order valence-corrected chi connectivity index (χ3v) is 7.57. The van der Waals surface area contributed by atoms with Crippen molar-refractivity contribution in [2.45, 2.75) is 44.7 Å². The lowest BCUT2D eigenvalue weighted by Gasteiger charge is -2.32. The summed E-state index contributed by atoms with van der Waals surface area (Å²) in [5.74, 6) is -0.226. The van der Waals surface area contributed by atoms with Gasteiger partial charge in [0.15, 0.2) is 17.2 Å². The normalized spacial score (nSPS) is 15.1. The van der Waals surface area contributed by atoms with E-state index >= 15 is 0 Å². The maximum absolute atomic E-state index is 14.2. The number of hydrogen-bond donors (Lipinski definition) is 3. The molecule has 3 amide bonds. The average molecular weight is 552 g/mol. The number of nitrogens with two attached hydrogens (primary N) is 2. The lowest BCUT2D eigenvalue weighted by molar-refractivity contribution is -0.123. The Hall–Kier alpha value is -4.32. The van der Waals surface area contributed by atoms with Crippen LogP contribution in [0.4, 0.5) is 11.4 Å². The summed E-state index contributed by atoms with van der Waals surface area (Å²) in [6, 6.07) is 10.9. The Kier molecular flexibility index (Phi) is 7.55. The number of carbonyl (C=O) groups is 3. The zero-order chi connectivity index (χ0) is 27.5. The van der Waals surface area contributed by atoms with Gasteiger partial charge in [0, 0.05) is 17.8 Å². The minimum atomic E-state index is -1.09. The molecule has 39 heavy (non-hydrogen) atoms. The van der Waals surface area contributed by atoms with E-state index in [0.29, 0.717) is 35.1 Å². The van der Waals surface area contributed by atoms with Gasteiger partial charge in [0.25, 0.3) is 11.8 Å². The highest BCUT2D eigenvalue weighted by atomic mass is 32.1. The van der Waals surface area contributed by atoms with Crippen molar-refractivity contribution in [2.24, 2.45) is 5.73 Å². The molecule has 0 saturated heterocycles. The van der Waals surface area contributed by atoms with Crippen molar-refractivity contribution in [3.63, 3.8) is 0 Å². The molecule has 1 aliphatic carbocycles. The van der Waals surface area contributed by atoms with E-state index in [-0.39, 0.29) is 35.0 Å². The third kappa shape index (κ3) is 5.32. The van der Waals surface area contributed by atoms with Gasteiger partial charge in [0.2, 0.25) is 12.7 Å². The number of nitrogens with zero attached hydrogens (tertiary/aromatic N) is 2. The van der Waals surface area contributed by atoms with Gasteiger partial charge in [-0.25, -0.2) is 0 Å². The lowest BCUT2D eigenvalue weighted by Crippen LogP contribution is -2.46. The minimum absolute atomic E-state index is 0.00587. The quantitative estimate of drug-likeness (QED) is 0.365. The Balaban J connectivity index is 1.63. The fraction of sp³-hybridized carbons (Fsp3) is 0.333. The van der Waals surface area contributed by atoms with E-state index in [9.17, 15) is 14.4 Å². The maximum atomic E-state index is 14.2. The van der Waals surface area contributed by atoms with Crippen LogP contribution in [0.1, 0.15) is 64.4 Å². The fourth-order valence-electron chi connectivity index (χ4n) is 4.84. The summed E-state index contributed by atoms with van der Waals surface area (Å²) in [6.45, 7) is 2.41. The number of hydrogen-bond acceptors (Lipinski definition) is 9. The van der Waals surface area contributed by atoms with Gasteiger partial charge >= 0.3 is 0 Å². The highest BCUT2D eigenvalue weighted by Crippen LogP contribution is 2.40. The number of nitrogen functional groups attached to an aromatic ring is 1. The SMILES string of the molecule is CCOc1ccc(C(C(=O)NC2CCCC2)N(C(=O)c2snc(C(N)=O)c2N)c2ccc3c(c2)OCO3)cc1. The summed E-state index contributed by atoms with van der Waals surface area (Å²) >= 11 is 0.753. The summed E-state index contributed by atoms with van der Waals surface area (Å²) in [5.41, 5.74) is 12.1. The minimum Gasteiger partial charge on any atom is -0.494 e. The summed E-state index contributed by atoms with van der Waals surface area (Å²) in [4.78, 5) is 41.4. The van der Waals surface area contributed by atoms with Gasteiger partial charge in [-0.2, -0.15) is 4.37 Å². The molecule has 11 nitrogen and oxygen atoms in total. The van der Waals surface area contributed by atoms with Crippen molar-refractivity contribution < 1.29 is 28.6 Å². The number of anilines is 2. The Morgan fingerprint density at radius 1 is 1.13 bits per heavy atom. The van der Waals surface area contributed by atoms with Gasteiger partial charge < -0.3 is 31.0 Å². The van der Waals surface area contributed by atoms with Gasteiger partial charge in [-0.15, -0.1) is 0 Å². The van der Waals surface area contributed by atoms with E-state index in [0.717, 1.165) is 37.2 Å². The Morgan fingerprint density at radius 2 is 1.85 bits per heavy atom. The number of fused-ring (bicyclic) bond motifs is 1. The Bertz CT molecular complexity index is 1390. The van der Waals surface area contributed by atoms with Gasteiger partial charge in [0.1, 0.15) is 16.7 Å². The molecule has 1 aliphatic heterocycles. The Labute approximate surface area is 229 Å². The van der Waals surface area contributed by atoms with Crippen molar-refractivity contribution in [1.29, 1.82) is 0 Å². The first kappa shape index (κ1) is 26.3. The molecule has 1 saturated carbocycles. The molecule has 0 spiro atoms. The van der Waals surface area contributed by atoms with E-state index in [2.05, 4.69) is 9.69 Å². The second-order valence-corrected chi connectivity index (χ2v) is 10.0. The van der Waals surface area contributed by atoms with Gasteiger partial charge in [-0.1, -0.05) is 25.0 Å². The molecule has 2 aromatic carbocycles. The zero-order valence-corrected chi connectivity index (χ0v) is 22.2. The second-order valence-electron chi connectivity index (χ2n) is 9.25. The number of benzene rings is 2. The van der Waals surface area contributed by atoms with Crippen molar-refractivity contribution >= 4 is 40.6 Å². The summed E-state index contributed by atoms with van der Waals surface area (Å²) in [6.07, 6.45) is 3.78. The zero-order valence-electron chi connectivity index (χ0n) is 21.3. The highest BCUT2D eigenvalue weighted by molar-refractivity contribution is 7.09. The molecule has 12 heteroatoms. The van der Waals surface area contributed by atoms with Crippen LogP contribution in [0.2, 0.25) is 0 Å². The number of rotatable bonds is 9. The van der Waals surface area contributed by atoms with Crippen LogP contribution in [0, 0.1) is 0 Å². The summed E-state index contributed by atoms with van der Waals surface area (Å²) in [5, 5.41) is 3.13. The van der Waals surface area contributed by atoms with E-state index in [1.165, 1.54) is 4.90 Å². The van der Waals surface area contributed by atoms with E-state index in [1.54, 1.807) is 42.5 Å². The maximum Gasteiger partial charge on any atom is 0.273 e. The molecule has 5 N–H and O–H groups in total. The first-order chi connectivity index (χ1) is 18.9. The standard InChI is InChI=1S/C27H29N5O6S/c1-2-36-18-10-7-15(8-11-18)23(26(34)30-16-5-3-4-6-16)32(17-9-12-19-20(13-17)38-14-37-19)27(35)24-21(28)22(25(29)33)31-39-24/h7-13,16,23H,2-6,14,28H2,1H3,(H2,29,33)(H,30,34). The molecule has 0 radical (unpaired) electrons. The molecule has 2 aliphatic rings. The number of primary amides is 1. The fourth-order valence-corrected chi connectivity index (χ4v) is 5.58. The Morgan fingerprint density at radius 3 is 2.51 bits per heavy atom. The van der Waals surface area contributed by atoms with Crippen LogP contribution in [0.5, 0.6) is 17.2 Å². The first-order valence-corrected chi connectivity index (χ1v) is 13.5. The van der Waals surface area contributed by atoms with Crippen LogP contribution >= 0.6 is 11.5 Å². The van der Waals surface area contributed by atoms with Crippen molar-refractivity contribution in [3.8, 4) is 17.2 Å². The van der Waals surface area contributed by atoms with Gasteiger partial charge in [-0.3, -0.25) is 19.3 Å². The van der Waals surface area contributed by atoms with Crippen LogP contribution in [0.15, 0.2) is 42.5 Å². The molecule has 204 valence electrons. The number of amides is 3. The molecule has 1 aromatic heterocycles. The van der Waals surface area contributed by atoms with Crippen LogP contribution in [0.3, 0.4) is 0 Å². The van der Waals surface area contributed by atoms with Crippen LogP contribution in [-0.2, 0) is 4.79 Å². The monoisotopic (exact) mass is 551 g/mol. The van der Waals surface area contributed by atoms with Crippen LogP contribution < -0.4 is 35.9 Å². The van der Waals surface area contributed by atoms with E-state index in [4.69, 9.17) is 25.7 Å². The van der Waals surface area contributed by atoms with Crippen LogP contribution in [-0.4, -0.2) is 41.5 Å². The summed E-state index contributed by atoms with van der Waals surface area (Å²) in [7, 11) is 0. The van der Waals surface area contributed by atoms with Crippen molar-refractivity contribution in [1.82, 2.24) is 9.69 Å². The third-order valence-electron chi connectivity index (χ3n) is 6.72. The van der Waals surface area contributed by atoms with Crippen molar-refractivity contribution in [3.05, 3.63) is 58.6 Å². The van der Waals surface area contributed by atoms with E-state index < -0.39 is 17.9 Å². The molecular formula is C27H29N5O6S. The molecule has 0 bridgehead atoms. The average Bonchev–Trinajstić information content (AvgIpc) is 3.68. The molecule has 1 atom stereocenters. The summed E-state index contributed by atoms with van der Waals surface area (Å²) < 4.78 is 20.6. The topological polar surface area (TPSA) is 159 Å². The molecule has 5 rings (SSSR count). The van der Waals surface area contributed by atoms with Gasteiger partial charge in [0.05, 0.1) is 12.3 Å². The largest absolute Gasteiger partial charge is 0.494 e. The second kappa shape index (κ2) is 11.2. The van der Waals surface area contributed by atoms with Gasteiger partial charge in [-0.05, 0) is 61.1 Å². The molecule has 3 aromatic rings. The molecule has 1 unspecified atom stereocenters. The van der Waals surface area contributed by atoms with Crippen LogP contribution in [0.25, 0.3) is 0 Å². The smallest absolute Gasteiger partial charge is 0.273 e. The predicted octanol–water partition coefficient (Wildman–Crippen LogP) is 3.40. The number of carbonyl (C=O) groups excluding carboxylic acids is 3. The first-order valence-electron chi connectivity index (χ1n) is 12.7.